The summed E-state index contributed by atoms with van der Waals surface area (Å²) in [5.41, 5.74) is 8.92. The van der Waals surface area contributed by atoms with Gasteiger partial charge in [-0.3, -0.25) is 0 Å². The summed E-state index contributed by atoms with van der Waals surface area (Å²) in [6.45, 7) is 0.841. The van der Waals surface area contributed by atoms with Gasteiger partial charge in [-0.2, -0.15) is 0 Å². The van der Waals surface area contributed by atoms with Gasteiger partial charge in [0.1, 0.15) is 5.75 Å². The van der Waals surface area contributed by atoms with Crippen LogP contribution in [-0.2, 0) is 6.54 Å². The largest absolute Gasteiger partial charge is 0.497 e. The molecule has 0 unspecified atom stereocenters. The molecule has 0 aromatic heterocycles. The van der Waals surface area contributed by atoms with Crippen molar-refractivity contribution in [3.8, 4) is 5.75 Å². The summed E-state index contributed by atoms with van der Waals surface area (Å²) in [6, 6.07) is 16.0. The SMILES string of the molecule is COc1ccc(CN(C)c2cccc(N)c2)cc1. The van der Waals surface area contributed by atoms with Crippen LogP contribution in [0.4, 0.5) is 11.4 Å². The van der Waals surface area contributed by atoms with E-state index < -0.39 is 0 Å². The molecule has 0 saturated heterocycles. The maximum atomic E-state index is 5.78. The number of nitrogen functional groups attached to an aromatic ring is 1. The summed E-state index contributed by atoms with van der Waals surface area (Å²) >= 11 is 0. The van der Waals surface area contributed by atoms with E-state index in [2.05, 4.69) is 30.1 Å². The van der Waals surface area contributed by atoms with E-state index >= 15 is 0 Å². The first-order chi connectivity index (χ1) is 8.69. The summed E-state index contributed by atoms with van der Waals surface area (Å²) in [4.78, 5) is 2.16. The van der Waals surface area contributed by atoms with Crippen LogP contribution in [0.15, 0.2) is 48.5 Å². The summed E-state index contributed by atoms with van der Waals surface area (Å²) < 4.78 is 5.14. The molecule has 0 saturated carbocycles. The molecule has 2 aromatic carbocycles. The highest BCUT2D eigenvalue weighted by Gasteiger charge is 2.02. The van der Waals surface area contributed by atoms with Gasteiger partial charge in [0.05, 0.1) is 7.11 Å². The second-order valence-corrected chi connectivity index (χ2v) is 4.30. The Morgan fingerprint density at radius 1 is 1.11 bits per heavy atom. The number of ether oxygens (including phenoxy) is 1. The first kappa shape index (κ1) is 12.3. The second-order valence-electron chi connectivity index (χ2n) is 4.30. The van der Waals surface area contributed by atoms with Crippen LogP contribution in [0.1, 0.15) is 5.56 Å². The van der Waals surface area contributed by atoms with E-state index in [0.717, 1.165) is 23.7 Å². The highest BCUT2D eigenvalue weighted by Crippen LogP contribution is 2.19. The van der Waals surface area contributed by atoms with Gasteiger partial charge in [-0.1, -0.05) is 18.2 Å². The fourth-order valence-corrected chi connectivity index (χ4v) is 1.86. The molecule has 0 atom stereocenters. The van der Waals surface area contributed by atoms with Crippen LogP contribution >= 0.6 is 0 Å². The van der Waals surface area contributed by atoms with Crippen molar-refractivity contribution in [3.05, 3.63) is 54.1 Å². The number of anilines is 2. The third-order valence-electron chi connectivity index (χ3n) is 2.89. The first-order valence-electron chi connectivity index (χ1n) is 5.88. The van der Waals surface area contributed by atoms with Crippen molar-refractivity contribution in [1.82, 2.24) is 0 Å². The predicted octanol–water partition coefficient (Wildman–Crippen LogP) is 2.91. The lowest BCUT2D eigenvalue weighted by Gasteiger charge is -2.19. The van der Waals surface area contributed by atoms with E-state index in [9.17, 15) is 0 Å². The maximum absolute atomic E-state index is 5.78. The van der Waals surface area contributed by atoms with Crippen molar-refractivity contribution in [2.24, 2.45) is 0 Å². The number of hydrogen-bond acceptors (Lipinski definition) is 3. The summed E-state index contributed by atoms with van der Waals surface area (Å²) in [7, 11) is 3.73. The zero-order chi connectivity index (χ0) is 13.0. The van der Waals surface area contributed by atoms with Gasteiger partial charge in [0.15, 0.2) is 0 Å². The van der Waals surface area contributed by atoms with Crippen LogP contribution < -0.4 is 15.4 Å². The van der Waals surface area contributed by atoms with Gasteiger partial charge in [0.2, 0.25) is 0 Å². The number of hydrogen-bond donors (Lipinski definition) is 1. The van der Waals surface area contributed by atoms with Crippen LogP contribution in [0.5, 0.6) is 5.75 Å². The molecule has 2 rings (SSSR count). The standard InChI is InChI=1S/C15H18N2O/c1-17(14-5-3-4-13(16)10-14)11-12-6-8-15(18-2)9-7-12/h3-10H,11,16H2,1-2H3. The van der Waals surface area contributed by atoms with Gasteiger partial charge in [-0.25, -0.2) is 0 Å². The van der Waals surface area contributed by atoms with Crippen LogP contribution in [0.25, 0.3) is 0 Å². The third kappa shape index (κ3) is 2.94. The minimum Gasteiger partial charge on any atom is -0.497 e. The predicted molar refractivity (Wildman–Crippen MR) is 76.0 cm³/mol. The third-order valence-corrected chi connectivity index (χ3v) is 2.89. The molecule has 0 aliphatic rings. The fourth-order valence-electron chi connectivity index (χ4n) is 1.86. The van der Waals surface area contributed by atoms with Crippen LogP contribution in [0.3, 0.4) is 0 Å². The number of methoxy groups -OCH3 is 1. The molecule has 0 radical (unpaired) electrons. The number of rotatable bonds is 4. The van der Waals surface area contributed by atoms with E-state index in [4.69, 9.17) is 10.5 Å². The van der Waals surface area contributed by atoms with Crippen LogP contribution in [0.2, 0.25) is 0 Å². The minimum atomic E-state index is 0.786. The highest BCUT2D eigenvalue weighted by atomic mass is 16.5. The van der Waals surface area contributed by atoms with Gasteiger partial charge in [-0.15, -0.1) is 0 Å². The normalized spacial score (nSPS) is 10.1. The molecule has 2 aromatic rings. The maximum Gasteiger partial charge on any atom is 0.118 e. The molecule has 3 heteroatoms. The summed E-state index contributed by atoms with van der Waals surface area (Å²) in [5.74, 6) is 0.880. The zero-order valence-electron chi connectivity index (χ0n) is 10.8. The highest BCUT2D eigenvalue weighted by molar-refractivity contribution is 5.55. The Kier molecular flexibility index (Phi) is 3.72. The van der Waals surface area contributed by atoms with Crippen LogP contribution in [0, 0.1) is 0 Å². The molecule has 0 fully saturated rings. The van der Waals surface area contributed by atoms with E-state index in [1.807, 2.05) is 30.3 Å². The Morgan fingerprint density at radius 2 is 1.83 bits per heavy atom. The summed E-state index contributed by atoms with van der Waals surface area (Å²) in [5, 5.41) is 0. The van der Waals surface area contributed by atoms with Gasteiger partial charge < -0.3 is 15.4 Å². The second kappa shape index (κ2) is 5.45. The lowest BCUT2D eigenvalue weighted by atomic mass is 10.2. The van der Waals surface area contributed by atoms with Crippen molar-refractivity contribution in [2.75, 3.05) is 24.8 Å². The number of nitrogens with two attached hydrogens (primary N) is 1. The zero-order valence-corrected chi connectivity index (χ0v) is 10.8. The van der Waals surface area contributed by atoms with E-state index in [1.165, 1.54) is 5.56 Å². The van der Waals surface area contributed by atoms with Crippen molar-refractivity contribution in [3.63, 3.8) is 0 Å². The molecular weight excluding hydrogens is 224 g/mol. The molecule has 0 bridgehead atoms. The molecule has 18 heavy (non-hydrogen) atoms. The van der Waals surface area contributed by atoms with Gasteiger partial charge in [-0.05, 0) is 35.9 Å². The smallest absolute Gasteiger partial charge is 0.118 e. The van der Waals surface area contributed by atoms with Crippen molar-refractivity contribution >= 4 is 11.4 Å². The number of benzene rings is 2. The molecule has 3 nitrogen and oxygen atoms in total. The van der Waals surface area contributed by atoms with Gasteiger partial charge in [0.25, 0.3) is 0 Å². The van der Waals surface area contributed by atoms with Crippen molar-refractivity contribution < 1.29 is 4.74 Å². The Hall–Kier alpha value is -2.16. The molecule has 94 valence electrons. The van der Waals surface area contributed by atoms with E-state index in [-0.39, 0.29) is 0 Å². The molecule has 0 spiro atoms. The Morgan fingerprint density at radius 3 is 2.44 bits per heavy atom. The molecule has 0 aliphatic carbocycles. The molecular formula is C15H18N2O. The molecule has 0 aliphatic heterocycles. The first-order valence-corrected chi connectivity index (χ1v) is 5.88. The summed E-state index contributed by atoms with van der Waals surface area (Å²) in [6.07, 6.45) is 0. The van der Waals surface area contributed by atoms with Crippen LogP contribution in [-0.4, -0.2) is 14.2 Å². The quantitative estimate of drug-likeness (QED) is 0.838. The topological polar surface area (TPSA) is 38.5 Å². The minimum absolute atomic E-state index is 0.786. The lowest BCUT2D eigenvalue weighted by molar-refractivity contribution is 0.414. The van der Waals surface area contributed by atoms with E-state index in [1.54, 1.807) is 7.11 Å². The van der Waals surface area contributed by atoms with Gasteiger partial charge >= 0.3 is 0 Å². The molecule has 2 N–H and O–H groups in total. The van der Waals surface area contributed by atoms with Gasteiger partial charge in [0, 0.05) is 25.0 Å². The average Bonchev–Trinajstić information content (AvgIpc) is 2.39. The number of nitrogens with zero attached hydrogens (tertiary/aromatic N) is 1. The van der Waals surface area contributed by atoms with Crippen molar-refractivity contribution in [2.45, 2.75) is 6.54 Å². The lowest BCUT2D eigenvalue weighted by Crippen LogP contribution is -2.16. The average molecular weight is 242 g/mol. The van der Waals surface area contributed by atoms with E-state index in [0.29, 0.717) is 0 Å². The Balaban J connectivity index is 2.08. The molecule has 0 heterocycles. The molecule has 0 amide bonds. The fraction of sp³-hybridized carbons (Fsp3) is 0.200. The monoisotopic (exact) mass is 242 g/mol. The van der Waals surface area contributed by atoms with Crippen molar-refractivity contribution in [1.29, 1.82) is 0 Å². The Labute approximate surface area is 108 Å². The Bertz CT molecular complexity index is 508.